The highest BCUT2D eigenvalue weighted by Crippen LogP contribution is 1.90. The third kappa shape index (κ3) is 3.30. The van der Waals surface area contributed by atoms with E-state index in [4.69, 9.17) is 5.11 Å². The van der Waals surface area contributed by atoms with Crippen molar-refractivity contribution in [2.45, 2.75) is 20.3 Å². The second-order valence-electron chi connectivity index (χ2n) is 1.86. The molecule has 1 N–H and O–H groups in total. The van der Waals surface area contributed by atoms with Gasteiger partial charge in [0.2, 0.25) is 0 Å². The van der Waals surface area contributed by atoms with E-state index in [0.717, 1.165) is 19.5 Å². The molecule has 0 radical (unpaired) electrons. The van der Waals surface area contributed by atoms with Gasteiger partial charge in [0.05, 0.1) is 0 Å². The zero-order valence-corrected chi connectivity index (χ0v) is 6.74. The van der Waals surface area contributed by atoms with Crippen LogP contribution in [0.3, 0.4) is 0 Å². The fraction of sp³-hybridized carbons (Fsp3) is 0.833. The number of hydrogen-bond donors (Lipinski definition) is 1. The summed E-state index contributed by atoms with van der Waals surface area (Å²) in [4.78, 5) is 1.76. The highest BCUT2D eigenvalue weighted by Gasteiger charge is 2.00. The highest BCUT2D eigenvalue weighted by atomic mass is 32.1. The van der Waals surface area contributed by atoms with Gasteiger partial charge < -0.3 is 10.0 Å². The van der Waals surface area contributed by atoms with Crippen LogP contribution in [0.2, 0.25) is 0 Å². The van der Waals surface area contributed by atoms with Crippen LogP contribution < -0.4 is 0 Å². The predicted octanol–water partition coefficient (Wildman–Crippen LogP) is 1.56. The van der Waals surface area contributed by atoms with Crippen LogP contribution in [0.1, 0.15) is 20.3 Å². The first kappa shape index (κ1) is 8.69. The monoisotopic (exact) mass is 147 g/mol. The molecule has 0 aromatic rings. The Labute approximate surface area is 61.5 Å². The molecule has 54 valence electrons. The van der Waals surface area contributed by atoms with Crippen molar-refractivity contribution in [3.8, 4) is 0 Å². The van der Waals surface area contributed by atoms with Gasteiger partial charge in [0.1, 0.15) is 0 Å². The number of aliphatic hydroxyl groups excluding tert-OH is 1. The van der Waals surface area contributed by atoms with Gasteiger partial charge in [-0.1, -0.05) is 6.92 Å². The minimum atomic E-state index is 0.0133. The first-order valence-corrected chi connectivity index (χ1v) is 3.61. The van der Waals surface area contributed by atoms with Gasteiger partial charge in [-0.25, -0.2) is 0 Å². The normalized spacial score (nSPS) is 9.11. The molecule has 0 aliphatic carbocycles. The molecule has 0 amide bonds. The minimum absolute atomic E-state index is 0.0133. The first-order chi connectivity index (χ1) is 4.22. The van der Waals surface area contributed by atoms with E-state index in [0.29, 0.717) is 0 Å². The van der Waals surface area contributed by atoms with Crippen molar-refractivity contribution >= 4 is 17.4 Å². The lowest BCUT2D eigenvalue weighted by Crippen LogP contribution is -2.29. The Morgan fingerprint density at radius 3 is 2.22 bits per heavy atom. The van der Waals surface area contributed by atoms with Gasteiger partial charge >= 0.3 is 0 Å². The summed E-state index contributed by atoms with van der Waals surface area (Å²) in [6.45, 7) is 5.67. The van der Waals surface area contributed by atoms with Gasteiger partial charge in [0, 0.05) is 13.1 Å². The summed E-state index contributed by atoms with van der Waals surface area (Å²) in [6, 6.07) is 0. The average Bonchev–Trinajstić information content (AvgIpc) is 1.82. The van der Waals surface area contributed by atoms with Crippen LogP contribution in [0.4, 0.5) is 0 Å². The zero-order valence-electron chi connectivity index (χ0n) is 5.92. The van der Waals surface area contributed by atoms with E-state index in [1.54, 1.807) is 4.90 Å². The summed E-state index contributed by atoms with van der Waals surface area (Å²) in [6.07, 6.45) is 1.02. The Morgan fingerprint density at radius 1 is 1.56 bits per heavy atom. The molecule has 0 atom stereocenters. The Kier molecular flexibility index (Phi) is 4.40. The van der Waals surface area contributed by atoms with Crippen LogP contribution in [0.15, 0.2) is 0 Å². The number of aliphatic hydroxyl groups is 1. The van der Waals surface area contributed by atoms with E-state index in [1.165, 1.54) is 0 Å². The van der Waals surface area contributed by atoms with Crippen LogP contribution in [0.5, 0.6) is 0 Å². The lowest BCUT2D eigenvalue weighted by atomic mass is 10.4. The molecular weight excluding hydrogens is 134 g/mol. The molecule has 0 spiro atoms. The van der Waals surface area contributed by atoms with Crippen LogP contribution in [-0.2, 0) is 0 Å². The molecule has 0 aromatic heterocycles. The zero-order chi connectivity index (χ0) is 7.28. The molecule has 0 heterocycles. The Balaban J connectivity index is 3.54. The van der Waals surface area contributed by atoms with Crippen molar-refractivity contribution in [2.24, 2.45) is 0 Å². The molecule has 0 saturated heterocycles. The van der Waals surface area contributed by atoms with E-state index >= 15 is 0 Å². The van der Waals surface area contributed by atoms with Crippen LogP contribution in [0.25, 0.3) is 0 Å². The average molecular weight is 147 g/mol. The summed E-state index contributed by atoms with van der Waals surface area (Å²) >= 11 is 4.56. The summed E-state index contributed by atoms with van der Waals surface area (Å²) in [5, 5.41) is 8.81. The molecule has 0 fully saturated rings. The topological polar surface area (TPSA) is 23.5 Å². The summed E-state index contributed by atoms with van der Waals surface area (Å²) in [5.41, 5.74) is 0. The standard InChI is InChI=1S/C6H13NOS/c1-3-5-7(4-2)6(8)9/h3-5H2,1-2H3,(H,8,9). The van der Waals surface area contributed by atoms with Crippen molar-refractivity contribution in [3.05, 3.63) is 0 Å². The Bertz CT molecular complexity index is 95.1. The lowest BCUT2D eigenvalue weighted by Gasteiger charge is -2.17. The Hall–Kier alpha value is -0.310. The van der Waals surface area contributed by atoms with Gasteiger partial charge in [0.15, 0.2) is 0 Å². The molecule has 0 unspecified atom stereocenters. The highest BCUT2D eigenvalue weighted by molar-refractivity contribution is 7.79. The largest absolute Gasteiger partial charge is 0.487 e. The van der Waals surface area contributed by atoms with Gasteiger partial charge in [-0.3, -0.25) is 0 Å². The predicted molar refractivity (Wildman–Crippen MR) is 42.8 cm³/mol. The quantitative estimate of drug-likeness (QED) is 0.613. The molecular formula is C6H13NOS. The first-order valence-electron chi connectivity index (χ1n) is 3.20. The Morgan fingerprint density at radius 2 is 2.11 bits per heavy atom. The van der Waals surface area contributed by atoms with E-state index in [2.05, 4.69) is 19.1 Å². The van der Waals surface area contributed by atoms with Crippen LogP contribution in [-0.4, -0.2) is 28.3 Å². The summed E-state index contributed by atoms with van der Waals surface area (Å²) in [7, 11) is 0. The third-order valence-corrected chi connectivity index (χ3v) is 1.40. The smallest absolute Gasteiger partial charge is 0.256 e. The second kappa shape index (κ2) is 4.56. The van der Waals surface area contributed by atoms with E-state index < -0.39 is 0 Å². The van der Waals surface area contributed by atoms with Gasteiger partial charge in [-0.05, 0) is 25.6 Å². The van der Waals surface area contributed by atoms with Crippen LogP contribution in [0, 0.1) is 0 Å². The fourth-order valence-corrected chi connectivity index (χ4v) is 0.879. The molecule has 0 aliphatic heterocycles. The maximum atomic E-state index is 8.80. The minimum Gasteiger partial charge on any atom is -0.487 e. The maximum absolute atomic E-state index is 8.80. The van der Waals surface area contributed by atoms with E-state index in [1.807, 2.05) is 6.92 Å². The third-order valence-electron chi connectivity index (χ3n) is 1.15. The van der Waals surface area contributed by atoms with Crippen molar-refractivity contribution in [1.29, 1.82) is 0 Å². The number of thiocarbonyl (C=S) groups is 1. The number of hydrogen-bond acceptors (Lipinski definition) is 1. The molecule has 0 saturated carbocycles. The van der Waals surface area contributed by atoms with E-state index in [9.17, 15) is 0 Å². The van der Waals surface area contributed by atoms with E-state index in [-0.39, 0.29) is 5.17 Å². The van der Waals surface area contributed by atoms with Crippen molar-refractivity contribution in [2.75, 3.05) is 13.1 Å². The van der Waals surface area contributed by atoms with Gasteiger partial charge in [0.25, 0.3) is 5.17 Å². The van der Waals surface area contributed by atoms with Crippen molar-refractivity contribution < 1.29 is 5.11 Å². The maximum Gasteiger partial charge on any atom is 0.256 e. The van der Waals surface area contributed by atoms with Crippen LogP contribution >= 0.6 is 12.2 Å². The summed E-state index contributed by atoms with van der Waals surface area (Å²) in [5.74, 6) is 0. The summed E-state index contributed by atoms with van der Waals surface area (Å²) < 4.78 is 0. The number of nitrogens with zero attached hydrogens (tertiary/aromatic N) is 1. The van der Waals surface area contributed by atoms with Crippen molar-refractivity contribution in [3.63, 3.8) is 0 Å². The molecule has 0 aliphatic rings. The molecule has 2 nitrogen and oxygen atoms in total. The molecule has 9 heavy (non-hydrogen) atoms. The molecule has 0 aromatic carbocycles. The second-order valence-corrected chi connectivity index (χ2v) is 2.23. The SMILES string of the molecule is CCCN(CC)C(O)=S. The molecule has 0 rings (SSSR count). The van der Waals surface area contributed by atoms with Crippen molar-refractivity contribution in [1.82, 2.24) is 4.90 Å². The molecule has 3 heteroatoms. The fourth-order valence-electron chi connectivity index (χ4n) is 0.659. The van der Waals surface area contributed by atoms with Gasteiger partial charge in [-0.2, -0.15) is 0 Å². The molecule has 0 bridgehead atoms. The van der Waals surface area contributed by atoms with Gasteiger partial charge in [-0.15, -0.1) is 0 Å². The lowest BCUT2D eigenvalue weighted by molar-refractivity contribution is 0.357. The number of rotatable bonds is 3.